The minimum Gasteiger partial charge on any atom is -0.618 e. The van der Waals surface area contributed by atoms with Gasteiger partial charge < -0.3 is 5.21 Å². The number of nitrogens with zero attached hydrogens (tertiary/aromatic N) is 2. The summed E-state index contributed by atoms with van der Waals surface area (Å²) in [5.41, 5.74) is 2.09. The highest BCUT2D eigenvalue weighted by Crippen LogP contribution is 2.25. The number of hydrogen-bond donors (Lipinski definition) is 1. The van der Waals surface area contributed by atoms with Crippen LogP contribution in [0.3, 0.4) is 0 Å². The number of fused-ring (bicyclic) bond motifs is 4. The Morgan fingerprint density at radius 3 is 2.15 bits per heavy atom. The quantitative estimate of drug-likeness (QED) is 0.217. The SMILES string of the molecule is [O-][n+]1c(-c2ccc3ccccc3[n+]2O)ccc2c3ccccc3ccc21. The van der Waals surface area contributed by atoms with Crippen LogP contribution in [-0.4, -0.2) is 5.21 Å². The van der Waals surface area contributed by atoms with E-state index in [0.717, 1.165) is 31.0 Å². The summed E-state index contributed by atoms with van der Waals surface area (Å²) in [6.45, 7) is 0. The van der Waals surface area contributed by atoms with Crippen molar-refractivity contribution >= 4 is 32.6 Å². The van der Waals surface area contributed by atoms with E-state index in [9.17, 15) is 10.4 Å². The maximum Gasteiger partial charge on any atom is 0.329 e. The van der Waals surface area contributed by atoms with Crippen molar-refractivity contribution in [3.05, 3.63) is 90.1 Å². The van der Waals surface area contributed by atoms with Crippen LogP contribution in [0.15, 0.2) is 84.9 Å². The van der Waals surface area contributed by atoms with Crippen LogP contribution in [-0.2, 0) is 0 Å². The summed E-state index contributed by atoms with van der Waals surface area (Å²) in [6, 6.07) is 26.7. The Kier molecular flexibility index (Phi) is 3.06. The van der Waals surface area contributed by atoms with Crippen LogP contribution >= 0.6 is 0 Å². The summed E-state index contributed by atoms with van der Waals surface area (Å²) >= 11 is 0. The van der Waals surface area contributed by atoms with Crippen LogP contribution in [0.2, 0.25) is 0 Å². The van der Waals surface area contributed by atoms with Gasteiger partial charge in [0.2, 0.25) is 5.52 Å². The van der Waals surface area contributed by atoms with Crippen molar-refractivity contribution in [3.63, 3.8) is 0 Å². The molecule has 0 bridgehead atoms. The number of benzene rings is 3. The van der Waals surface area contributed by atoms with Gasteiger partial charge in [0.25, 0.3) is 11.2 Å². The second-order valence-corrected chi connectivity index (χ2v) is 6.32. The summed E-state index contributed by atoms with van der Waals surface area (Å²) in [6.07, 6.45) is 0. The average molecular weight is 339 g/mol. The molecule has 5 aromatic rings. The van der Waals surface area contributed by atoms with E-state index in [2.05, 4.69) is 0 Å². The highest BCUT2D eigenvalue weighted by Gasteiger charge is 2.25. The normalized spacial score (nSPS) is 11.4. The summed E-state index contributed by atoms with van der Waals surface area (Å²) in [4.78, 5) is 0. The second-order valence-electron chi connectivity index (χ2n) is 6.32. The molecule has 1 N–H and O–H groups in total. The zero-order valence-electron chi connectivity index (χ0n) is 13.8. The van der Waals surface area contributed by atoms with Gasteiger partial charge in [-0.3, -0.25) is 5.21 Å². The topological polar surface area (TPSA) is 51.0 Å². The van der Waals surface area contributed by atoms with E-state index in [1.165, 1.54) is 0 Å². The average Bonchev–Trinajstić information content (AvgIpc) is 2.69. The molecule has 4 nitrogen and oxygen atoms in total. The lowest BCUT2D eigenvalue weighted by Gasteiger charge is -2.08. The fourth-order valence-electron chi connectivity index (χ4n) is 3.57. The molecule has 5 rings (SSSR count). The van der Waals surface area contributed by atoms with E-state index in [0.29, 0.717) is 22.4 Å². The molecule has 0 aliphatic heterocycles. The zero-order valence-corrected chi connectivity index (χ0v) is 13.8. The number of rotatable bonds is 1. The van der Waals surface area contributed by atoms with E-state index in [-0.39, 0.29) is 0 Å². The maximum atomic E-state index is 13.1. The molecule has 0 amide bonds. The smallest absolute Gasteiger partial charge is 0.329 e. The monoisotopic (exact) mass is 339 g/mol. The molecule has 4 heteroatoms. The van der Waals surface area contributed by atoms with E-state index >= 15 is 0 Å². The Hall–Kier alpha value is -3.66. The number of aromatic nitrogens is 2. The molecule has 2 aromatic heterocycles. The Morgan fingerprint density at radius 1 is 0.577 bits per heavy atom. The molecule has 0 saturated carbocycles. The Labute approximate surface area is 149 Å². The summed E-state index contributed by atoms with van der Waals surface area (Å²) in [7, 11) is 0. The second kappa shape index (κ2) is 5.43. The van der Waals surface area contributed by atoms with Crippen molar-refractivity contribution in [3.8, 4) is 11.4 Å². The molecule has 0 atom stereocenters. The van der Waals surface area contributed by atoms with Crippen LogP contribution in [0.25, 0.3) is 44.0 Å². The maximum absolute atomic E-state index is 13.1. The van der Waals surface area contributed by atoms with E-state index in [1.54, 1.807) is 12.1 Å². The van der Waals surface area contributed by atoms with Crippen LogP contribution in [0.5, 0.6) is 0 Å². The van der Waals surface area contributed by atoms with Crippen molar-refractivity contribution in [1.82, 2.24) is 0 Å². The summed E-state index contributed by atoms with van der Waals surface area (Å²) in [5, 5.41) is 27.6. The van der Waals surface area contributed by atoms with Gasteiger partial charge in [0, 0.05) is 29.0 Å². The number of hydrogen-bond acceptors (Lipinski definition) is 2. The van der Waals surface area contributed by atoms with Gasteiger partial charge >= 0.3 is 5.69 Å². The minimum absolute atomic E-state index is 0.404. The van der Waals surface area contributed by atoms with Crippen LogP contribution in [0.4, 0.5) is 0 Å². The zero-order chi connectivity index (χ0) is 17.7. The molecular formula is C22H15N2O2+. The molecule has 0 radical (unpaired) electrons. The van der Waals surface area contributed by atoms with Crippen LogP contribution in [0.1, 0.15) is 0 Å². The third kappa shape index (κ3) is 2.02. The Morgan fingerprint density at radius 2 is 1.27 bits per heavy atom. The fourth-order valence-corrected chi connectivity index (χ4v) is 3.57. The van der Waals surface area contributed by atoms with Gasteiger partial charge in [-0.2, -0.15) is 4.73 Å². The van der Waals surface area contributed by atoms with Gasteiger partial charge in [0.15, 0.2) is 0 Å². The lowest BCUT2D eigenvalue weighted by atomic mass is 10.0. The summed E-state index contributed by atoms with van der Waals surface area (Å²) in [5.74, 6) is 0. The summed E-state index contributed by atoms with van der Waals surface area (Å²) < 4.78 is 1.96. The molecule has 124 valence electrons. The first kappa shape index (κ1) is 14.7. The molecule has 0 spiro atoms. The van der Waals surface area contributed by atoms with Gasteiger partial charge in [-0.1, -0.05) is 36.4 Å². The lowest BCUT2D eigenvalue weighted by Crippen LogP contribution is -2.39. The van der Waals surface area contributed by atoms with Crippen molar-refractivity contribution in [2.75, 3.05) is 0 Å². The standard InChI is InChI=1S/C22H15N2O2/c25-23-19-8-4-2-6-16(19)10-13-21(23)22-14-11-18-17-7-3-1-5-15(17)9-12-20(18)24(22)26/h1-14,25H/q+1. The molecule has 0 saturated heterocycles. The first-order valence-corrected chi connectivity index (χ1v) is 8.41. The molecule has 2 heterocycles. The number of para-hydroxylation sites is 1. The van der Waals surface area contributed by atoms with E-state index in [4.69, 9.17) is 0 Å². The highest BCUT2D eigenvalue weighted by atomic mass is 16.5. The first-order chi connectivity index (χ1) is 12.7. The lowest BCUT2D eigenvalue weighted by molar-refractivity contribution is -0.878. The van der Waals surface area contributed by atoms with Crippen LogP contribution < -0.4 is 9.46 Å². The largest absolute Gasteiger partial charge is 0.618 e. The van der Waals surface area contributed by atoms with E-state index in [1.807, 2.05) is 72.8 Å². The molecule has 0 fully saturated rings. The van der Waals surface area contributed by atoms with Crippen molar-refractivity contribution in [2.45, 2.75) is 0 Å². The number of pyridine rings is 2. The van der Waals surface area contributed by atoms with Gasteiger partial charge in [-0.25, -0.2) is 0 Å². The van der Waals surface area contributed by atoms with Crippen molar-refractivity contribution < 1.29 is 14.7 Å². The van der Waals surface area contributed by atoms with Crippen molar-refractivity contribution in [1.29, 1.82) is 0 Å². The van der Waals surface area contributed by atoms with Crippen molar-refractivity contribution in [2.24, 2.45) is 0 Å². The molecule has 26 heavy (non-hydrogen) atoms. The van der Waals surface area contributed by atoms with Gasteiger partial charge in [-0.05, 0) is 35.0 Å². The Balaban J connectivity index is 1.82. The van der Waals surface area contributed by atoms with Gasteiger partial charge in [0.1, 0.15) is 0 Å². The van der Waals surface area contributed by atoms with Gasteiger partial charge in [-0.15, -0.1) is 0 Å². The van der Waals surface area contributed by atoms with Crippen LogP contribution in [0, 0.1) is 5.21 Å². The molecule has 3 aromatic carbocycles. The minimum atomic E-state index is 0.404. The first-order valence-electron chi connectivity index (χ1n) is 8.41. The Bertz CT molecular complexity index is 1310. The molecule has 0 aliphatic rings. The molecule has 0 unspecified atom stereocenters. The van der Waals surface area contributed by atoms with Gasteiger partial charge in [0.05, 0.1) is 10.8 Å². The predicted octanol–water partition coefficient (Wildman–Crippen LogP) is 3.97. The molecular weight excluding hydrogens is 324 g/mol. The predicted molar refractivity (Wildman–Crippen MR) is 101 cm³/mol. The third-order valence-corrected chi connectivity index (χ3v) is 4.87. The third-order valence-electron chi connectivity index (χ3n) is 4.87. The molecule has 0 aliphatic carbocycles. The highest BCUT2D eigenvalue weighted by molar-refractivity contribution is 6.05. The van der Waals surface area contributed by atoms with E-state index < -0.39 is 0 Å². The fraction of sp³-hybridized carbons (Fsp3) is 0.